The molecule has 2 atom stereocenters. The van der Waals surface area contributed by atoms with E-state index >= 15 is 0 Å². The van der Waals surface area contributed by atoms with E-state index in [1.807, 2.05) is 61.5 Å². The Morgan fingerprint density at radius 1 is 1.10 bits per heavy atom. The maximum Gasteiger partial charge on any atom is 0.239 e. The summed E-state index contributed by atoms with van der Waals surface area (Å²) in [6.07, 6.45) is 0. The number of rotatable bonds is 5. The Balaban J connectivity index is 2.21. The zero-order valence-electron chi connectivity index (χ0n) is 11.2. The molecule has 20 heavy (non-hydrogen) atoms. The summed E-state index contributed by atoms with van der Waals surface area (Å²) < 4.78 is 0. The number of nitrogens with two attached hydrogens (primary N) is 1. The van der Waals surface area contributed by atoms with Gasteiger partial charge in [0.1, 0.15) is 6.04 Å². The SMILES string of the molecule is C[C@@H](N[C@@H](C(N)=O)c1ccccc1)c1ccccc1Cl. The van der Waals surface area contributed by atoms with Gasteiger partial charge in [0.15, 0.2) is 0 Å². The standard InChI is InChI=1S/C16H17ClN2O/c1-11(13-9-5-6-10-14(13)17)19-15(16(18)20)12-7-3-2-4-8-12/h2-11,15,19H,1H3,(H2,18,20)/t11-,15-/m1/s1. The maximum absolute atomic E-state index is 11.7. The second kappa shape index (κ2) is 6.55. The van der Waals surface area contributed by atoms with Crippen molar-refractivity contribution in [2.45, 2.75) is 19.0 Å². The molecule has 0 aliphatic heterocycles. The van der Waals surface area contributed by atoms with Gasteiger partial charge in [-0.25, -0.2) is 0 Å². The van der Waals surface area contributed by atoms with E-state index in [4.69, 9.17) is 17.3 Å². The van der Waals surface area contributed by atoms with Gasteiger partial charge in [0.2, 0.25) is 5.91 Å². The summed E-state index contributed by atoms with van der Waals surface area (Å²) in [6, 6.07) is 16.4. The Labute approximate surface area is 123 Å². The molecule has 0 spiro atoms. The number of amides is 1. The normalized spacial score (nSPS) is 13.7. The second-order valence-corrected chi connectivity index (χ2v) is 5.06. The fraction of sp³-hybridized carbons (Fsp3) is 0.188. The van der Waals surface area contributed by atoms with Crippen molar-refractivity contribution < 1.29 is 4.79 Å². The average Bonchev–Trinajstić information content (AvgIpc) is 2.45. The lowest BCUT2D eigenvalue weighted by Gasteiger charge is -2.22. The number of carbonyl (C=O) groups is 1. The van der Waals surface area contributed by atoms with E-state index in [2.05, 4.69) is 5.32 Å². The van der Waals surface area contributed by atoms with Crippen LogP contribution in [0.25, 0.3) is 0 Å². The van der Waals surface area contributed by atoms with Gasteiger partial charge >= 0.3 is 0 Å². The van der Waals surface area contributed by atoms with Gasteiger partial charge in [-0.3, -0.25) is 10.1 Å². The number of hydrogen-bond donors (Lipinski definition) is 2. The number of carbonyl (C=O) groups excluding carboxylic acids is 1. The van der Waals surface area contributed by atoms with Crippen molar-refractivity contribution in [3.63, 3.8) is 0 Å². The quantitative estimate of drug-likeness (QED) is 0.887. The van der Waals surface area contributed by atoms with Crippen molar-refractivity contribution in [2.75, 3.05) is 0 Å². The third kappa shape index (κ3) is 3.38. The van der Waals surface area contributed by atoms with Gasteiger partial charge in [-0.15, -0.1) is 0 Å². The molecule has 0 heterocycles. The van der Waals surface area contributed by atoms with Crippen molar-refractivity contribution in [2.24, 2.45) is 5.73 Å². The number of halogens is 1. The molecule has 104 valence electrons. The first-order valence-electron chi connectivity index (χ1n) is 6.44. The summed E-state index contributed by atoms with van der Waals surface area (Å²) in [4.78, 5) is 11.7. The molecule has 0 unspecified atom stereocenters. The molecule has 3 nitrogen and oxygen atoms in total. The van der Waals surface area contributed by atoms with Crippen LogP contribution in [0.2, 0.25) is 5.02 Å². The molecular weight excluding hydrogens is 272 g/mol. The summed E-state index contributed by atoms with van der Waals surface area (Å²) in [5.41, 5.74) is 7.29. The van der Waals surface area contributed by atoms with Crippen LogP contribution in [0.3, 0.4) is 0 Å². The van der Waals surface area contributed by atoms with Crippen LogP contribution in [-0.2, 0) is 4.79 Å². The van der Waals surface area contributed by atoms with Crippen LogP contribution in [0.1, 0.15) is 30.1 Å². The molecule has 0 bridgehead atoms. The molecule has 0 aromatic heterocycles. The van der Waals surface area contributed by atoms with Crippen LogP contribution in [0, 0.1) is 0 Å². The minimum Gasteiger partial charge on any atom is -0.368 e. The third-order valence-electron chi connectivity index (χ3n) is 3.21. The molecule has 2 aromatic rings. The highest BCUT2D eigenvalue weighted by Gasteiger charge is 2.21. The zero-order chi connectivity index (χ0) is 14.5. The molecule has 4 heteroatoms. The molecule has 2 rings (SSSR count). The van der Waals surface area contributed by atoms with Gasteiger partial charge in [-0.05, 0) is 24.1 Å². The molecule has 0 aliphatic rings. The van der Waals surface area contributed by atoms with Crippen LogP contribution in [0.5, 0.6) is 0 Å². The van der Waals surface area contributed by atoms with Crippen LogP contribution in [0.15, 0.2) is 54.6 Å². The fourth-order valence-electron chi connectivity index (χ4n) is 2.15. The number of nitrogens with one attached hydrogen (secondary N) is 1. The molecule has 0 radical (unpaired) electrons. The highest BCUT2D eigenvalue weighted by atomic mass is 35.5. The predicted octanol–water partition coefficient (Wildman–Crippen LogP) is 3.22. The zero-order valence-corrected chi connectivity index (χ0v) is 12.0. The van der Waals surface area contributed by atoms with E-state index < -0.39 is 11.9 Å². The van der Waals surface area contributed by atoms with Gasteiger partial charge in [0.25, 0.3) is 0 Å². The number of hydrogen-bond acceptors (Lipinski definition) is 2. The fourth-order valence-corrected chi connectivity index (χ4v) is 2.45. The van der Waals surface area contributed by atoms with Gasteiger partial charge in [-0.1, -0.05) is 60.1 Å². The summed E-state index contributed by atoms with van der Waals surface area (Å²) in [7, 11) is 0. The molecule has 0 saturated carbocycles. The highest BCUT2D eigenvalue weighted by Crippen LogP contribution is 2.25. The number of primary amides is 1. The smallest absolute Gasteiger partial charge is 0.239 e. The van der Waals surface area contributed by atoms with Crippen molar-refractivity contribution >= 4 is 17.5 Å². The third-order valence-corrected chi connectivity index (χ3v) is 3.55. The van der Waals surface area contributed by atoms with E-state index in [0.717, 1.165) is 11.1 Å². The van der Waals surface area contributed by atoms with Crippen molar-refractivity contribution in [1.82, 2.24) is 5.32 Å². The van der Waals surface area contributed by atoms with Gasteiger partial charge in [-0.2, -0.15) is 0 Å². The van der Waals surface area contributed by atoms with Crippen LogP contribution in [-0.4, -0.2) is 5.91 Å². The summed E-state index contributed by atoms with van der Waals surface area (Å²) in [6.45, 7) is 1.96. The Morgan fingerprint density at radius 3 is 2.30 bits per heavy atom. The van der Waals surface area contributed by atoms with Crippen LogP contribution in [0.4, 0.5) is 0 Å². The van der Waals surface area contributed by atoms with E-state index in [9.17, 15) is 4.79 Å². The first-order valence-corrected chi connectivity index (χ1v) is 6.82. The van der Waals surface area contributed by atoms with Crippen molar-refractivity contribution in [3.05, 3.63) is 70.7 Å². The molecule has 3 N–H and O–H groups in total. The van der Waals surface area contributed by atoms with E-state index in [1.54, 1.807) is 0 Å². The molecule has 1 amide bonds. The minimum absolute atomic E-state index is 0.0820. The highest BCUT2D eigenvalue weighted by molar-refractivity contribution is 6.31. The second-order valence-electron chi connectivity index (χ2n) is 4.66. The van der Waals surface area contributed by atoms with E-state index in [0.29, 0.717) is 5.02 Å². The minimum atomic E-state index is -0.539. The molecule has 2 aromatic carbocycles. The number of benzene rings is 2. The lowest BCUT2D eigenvalue weighted by Crippen LogP contribution is -2.35. The van der Waals surface area contributed by atoms with Crippen molar-refractivity contribution in [1.29, 1.82) is 0 Å². The Hall–Kier alpha value is -1.84. The molecule has 0 fully saturated rings. The first-order chi connectivity index (χ1) is 9.59. The monoisotopic (exact) mass is 288 g/mol. The molecular formula is C16H17ClN2O. The molecule has 0 aliphatic carbocycles. The summed E-state index contributed by atoms with van der Waals surface area (Å²) in [5.74, 6) is -0.407. The lowest BCUT2D eigenvalue weighted by molar-refractivity contribution is -0.120. The van der Waals surface area contributed by atoms with Crippen LogP contribution >= 0.6 is 11.6 Å². The van der Waals surface area contributed by atoms with Crippen LogP contribution < -0.4 is 11.1 Å². The van der Waals surface area contributed by atoms with Crippen molar-refractivity contribution in [3.8, 4) is 0 Å². The van der Waals surface area contributed by atoms with Gasteiger partial charge in [0.05, 0.1) is 0 Å². The lowest BCUT2D eigenvalue weighted by atomic mass is 10.0. The predicted molar refractivity (Wildman–Crippen MR) is 81.4 cm³/mol. The average molecular weight is 289 g/mol. The van der Waals surface area contributed by atoms with E-state index in [-0.39, 0.29) is 6.04 Å². The topological polar surface area (TPSA) is 55.1 Å². The summed E-state index contributed by atoms with van der Waals surface area (Å²) >= 11 is 6.17. The summed E-state index contributed by atoms with van der Waals surface area (Å²) in [5, 5.41) is 3.90. The molecule has 0 saturated heterocycles. The van der Waals surface area contributed by atoms with Gasteiger partial charge < -0.3 is 5.73 Å². The Kier molecular flexibility index (Phi) is 4.77. The largest absolute Gasteiger partial charge is 0.368 e. The Bertz CT molecular complexity index is 586. The Morgan fingerprint density at radius 2 is 1.70 bits per heavy atom. The maximum atomic E-state index is 11.7. The van der Waals surface area contributed by atoms with Gasteiger partial charge in [0, 0.05) is 11.1 Å². The first kappa shape index (κ1) is 14.6. The van der Waals surface area contributed by atoms with E-state index in [1.165, 1.54) is 0 Å².